The summed E-state index contributed by atoms with van der Waals surface area (Å²) in [6.07, 6.45) is 2.07. The number of carboxylic acid groups (broad SMARTS) is 1. The lowest BCUT2D eigenvalue weighted by Crippen LogP contribution is -2.63. The molecule has 1 amide bonds. The van der Waals surface area contributed by atoms with Crippen LogP contribution in [0.2, 0.25) is 0 Å². The maximum atomic E-state index is 13.1. The minimum Gasteiger partial charge on any atom is -0.497 e. The van der Waals surface area contributed by atoms with E-state index in [1.54, 1.807) is 12.0 Å². The Bertz CT molecular complexity index is 892. The van der Waals surface area contributed by atoms with Crippen LogP contribution in [0.25, 0.3) is 10.9 Å². The quantitative estimate of drug-likeness (QED) is 0.864. The second kappa shape index (κ2) is 6.56. The molecule has 3 heterocycles. The number of rotatable bonds is 3. The van der Waals surface area contributed by atoms with Crippen molar-refractivity contribution in [2.45, 2.75) is 25.3 Å². The molecule has 0 spiro atoms. The minimum atomic E-state index is -0.738. The SMILES string of the molecule is COc1ccc2[nH]c(C(=O)N3CC[C@@]4(C(=O)O)CCCN(C)[C@@H]4C3)cc2c1. The van der Waals surface area contributed by atoms with E-state index in [1.807, 2.05) is 31.3 Å². The van der Waals surface area contributed by atoms with Crippen LogP contribution in [0.4, 0.5) is 0 Å². The van der Waals surface area contributed by atoms with Gasteiger partial charge < -0.3 is 24.6 Å². The van der Waals surface area contributed by atoms with Gasteiger partial charge in [0, 0.05) is 30.0 Å². The van der Waals surface area contributed by atoms with Crippen LogP contribution in [0, 0.1) is 5.41 Å². The molecule has 2 aliphatic rings. The second-order valence-corrected chi connectivity index (χ2v) is 7.70. The monoisotopic (exact) mass is 371 g/mol. The number of aromatic amines is 1. The highest BCUT2D eigenvalue weighted by molar-refractivity contribution is 5.98. The standard InChI is InChI=1S/C20H25N3O4/c1-22-8-3-6-20(19(25)26)7-9-23(12-17(20)22)18(24)16-11-13-10-14(27-2)4-5-15(13)21-16/h4-5,10-11,17,21H,3,6-9,12H2,1-2H3,(H,25,26)/t17-,20+/m1/s1. The molecule has 1 aromatic carbocycles. The summed E-state index contributed by atoms with van der Waals surface area (Å²) in [6, 6.07) is 7.33. The first-order valence-electron chi connectivity index (χ1n) is 9.34. The summed E-state index contributed by atoms with van der Waals surface area (Å²) in [4.78, 5) is 32.2. The molecule has 0 bridgehead atoms. The van der Waals surface area contributed by atoms with Crippen LogP contribution >= 0.6 is 0 Å². The average Bonchev–Trinajstić information content (AvgIpc) is 3.10. The number of carbonyl (C=O) groups is 2. The Morgan fingerprint density at radius 1 is 1.26 bits per heavy atom. The number of amides is 1. The third-order valence-corrected chi connectivity index (χ3v) is 6.30. The summed E-state index contributed by atoms with van der Waals surface area (Å²) >= 11 is 0. The van der Waals surface area contributed by atoms with E-state index >= 15 is 0 Å². The fourth-order valence-electron chi connectivity index (χ4n) is 4.69. The molecule has 27 heavy (non-hydrogen) atoms. The molecule has 0 unspecified atom stereocenters. The number of H-pyrrole nitrogens is 1. The molecule has 0 saturated carbocycles. The number of nitrogens with one attached hydrogen (secondary N) is 1. The van der Waals surface area contributed by atoms with Crippen molar-refractivity contribution in [3.05, 3.63) is 30.0 Å². The van der Waals surface area contributed by atoms with Crippen molar-refractivity contribution < 1.29 is 19.4 Å². The van der Waals surface area contributed by atoms with Gasteiger partial charge in [-0.15, -0.1) is 0 Å². The van der Waals surface area contributed by atoms with Gasteiger partial charge in [0.2, 0.25) is 0 Å². The Balaban J connectivity index is 1.59. The van der Waals surface area contributed by atoms with Crippen molar-refractivity contribution in [2.24, 2.45) is 5.41 Å². The molecule has 2 aliphatic heterocycles. The Hall–Kier alpha value is -2.54. The molecule has 144 valence electrons. The van der Waals surface area contributed by atoms with Gasteiger partial charge in [0.05, 0.1) is 12.5 Å². The molecule has 4 rings (SSSR count). The van der Waals surface area contributed by atoms with E-state index in [2.05, 4.69) is 9.88 Å². The number of benzene rings is 1. The van der Waals surface area contributed by atoms with Gasteiger partial charge in [-0.3, -0.25) is 9.59 Å². The van der Waals surface area contributed by atoms with E-state index in [0.29, 0.717) is 31.6 Å². The lowest BCUT2D eigenvalue weighted by Gasteiger charge is -2.51. The third kappa shape index (κ3) is 2.86. The minimum absolute atomic E-state index is 0.0804. The van der Waals surface area contributed by atoms with Crippen LogP contribution < -0.4 is 4.74 Å². The van der Waals surface area contributed by atoms with Crippen LogP contribution in [-0.4, -0.2) is 71.6 Å². The lowest BCUT2D eigenvalue weighted by atomic mass is 9.68. The number of fused-ring (bicyclic) bond motifs is 2. The van der Waals surface area contributed by atoms with Gasteiger partial charge >= 0.3 is 5.97 Å². The molecule has 7 nitrogen and oxygen atoms in total. The molecule has 2 atom stereocenters. The number of carboxylic acids is 1. The Labute approximate surface area is 157 Å². The number of ether oxygens (including phenoxy) is 1. The molecule has 0 aliphatic carbocycles. The zero-order valence-corrected chi connectivity index (χ0v) is 15.7. The van der Waals surface area contributed by atoms with E-state index in [1.165, 1.54) is 0 Å². The van der Waals surface area contributed by atoms with Crippen LogP contribution in [0.5, 0.6) is 5.75 Å². The molecular formula is C20H25N3O4. The number of nitrogens with zero attached hydrogens (tertiary/aromatic N) is 2. The maximum Gasteiger partial charge on any atom is 0.311 e. The summed E-state index contributed by atoms with van der Waals surface area (Å²) in [7, 11) is 3.58. The number of hydrogen-bond donors (Lipinski definition) is 2. The fourth-order valence-corrected chi connectivity index (χ4v) is 4.69. The normalized spacial score (nSPS) is 26.0. The molecular weight excluding hydrogens is 346 g/mol. The Morgan fingerprint density at radius 2 is 2.07 bits per heavy atom. The highest BCUT2D eigenvalue weighted by atomic mass is 16.5. The van der Waals surface area contributed by atoms with E-state index in [9.17, 15) is 14.7 Å². The fraction of sp³-hybridized carbons (Fsp3) is 0.500. The molecule has 2 fully saturated rings. The number of piperidine rings is 2. The van der Waals surface area contributed by atoms with Gasteiger partial charge in [-0.2, -0.15) is 0 Å². The van der Waals surface area contributed by atoms with Crippen molar-refractivity contribution in [1.29, 1.82) is 0 Å². The number of methoxy groups -OCH3 is 1. The number of likely N-dealkylation sites (N-methyl/N-ethyl adjacent to an activating group) is 1. The van der Waals surface area contributed by atoms with Crippen molar-refractivity contribution in [2.75, 3.05) is 33.8 Å². The predicted molar refractivity (Wildman–Crippen MR) is 101 cm³/mol. The first-order valence-corrected chi connectivity index (χ1v) is 9.34. The highest BCUT2D eigenvalue weighted by Crippen LogP contribution is 2.42. The van der Waals surface area contributed by atoms with Crippen LogP contribution in [0.3, 0.4) is 0 Å². The number of likely N-dealkylation sites (tertiary alicyclic amines) is 2. The third-order valence-electron chi connectivity index (χ3n) is 6.30. The Kier molecular flexibility index (Phi) is 4.34. The molecule has 1 aromatic heterocycles. The van der Waals surface area contributed by atoms with Crippen LogP contribution in [0.1, 0.15) is 29.8 Å². The lowest BCUT2D eigenvalue weighted by molar-refractivity contribution is -0.161. The average molecular weight is 371 g/mol. The summed E-state index contributed by atoms with van der Waals surface area (Å²) in [6.45, 7) is 1.78. The van der Waals surface area contributed by atoms with Crippen LogP contribution in [-0.2, 0) is 4.79 Å². The summed E-state index contributed by atoms with van der Waals surface area (Å²) in [5, 5.41) is 10.8. The van der Waals surface area contributed by atoms with Crippen LogP contribution in [0.15, 0.2) is 24.3 Å². The number of carbonyl (C=O) groups excluding carboxylic acids is 1. The van der Waals surface area contributed by atoms with Crippen molar-refractivity contribution in [1.82, 2.24) is 14.8 Å². The van der Waals surface area contributed by atoms with E-state index in [0.717, 1.165) is 29.6 Å². The first-order chi connectivity index (χ1) is 12.9. The Morgan fingerprint density at radius 3 is 2.81 bits per heavy atom. The molecule has 0 radical (unpaired) electrons. The van der Waals surface area contributed by atoms with Gasteiger partial charge in [-0.25, -0.2) is 0 Å². The smallest absolute Gasteiger partial charge is 0.311 e. The summed E-state index contributed by atoms with van der Waals surface area (Å²) < 4.78 is 5.24. The summed E-state index contributed by atoms with van der Waals surface area (Å²) in [5.74, 6) is -0.0690. The first kappa shape index (κ1) is 17.9. The van der Waals surface area contributed by atoms with Gasteiger partial charge in [-0.05, 0) is 57.1 Å². The second-order valence-electron chi connectivity index (χ2n) is 7.70. The molecule has 7 heteroatoms. The van der Waals surface area contributed by atoms with E-state index in [-0.39, 0.29) is 11.9 Å². The summed E-state index contributed by atoms with van der Waals surface area (Å²) in [5.41, 5.74) is 0.669. The number of hydrogen-bond acceptors (Lipinski definition) is 4. The molecule has 2 aromatic rings. The number of aliphatic carboxylic acids is 1. The van der Waals surface area contributed by atoms with Gasteiger partial charge in [-0.1, -0.05) is 0 Å². The van der Waals surface area contributed by atoms with E-state index in [4.69, 9.17) is 4.74 Å². The highest BCUT2D eigenvalue weighted by Gasteiger charge is 2.52. The van der Waals surface area contributed by atoms with Gasteiger partial charge in [0.15, 0.2) is 0 Å². The van der Waals surface area contributed by atoms with E-state index < -0.39 is 11.4 Å². The van der Waals surface area contributed by atoms with Gasteiger partial charge in [0.25, 0.3) is 5.91 Å². The van der Waals surface area contributed by atoms with Crippen molar-refractivity contribution in [3.8, 4) is 5.75 Å². The zero-order valence-electron chi connectivity index (χ0n) is 15.7. The zero-order chi connectivity index (χ0) is 19.2. The topological polar surface area (TPSA) is 85.9 Å². The van der Waals surface area contributed by atoms with Gasteiger partial charge in [0.1, 0.15) is 11.4 Å². The predicted octanol–water partition coefficient (Wildman–Crippen LogP) is 2.19. The molecule has 2 saturated heterocycles. The molecule has 2 N–H and O–H groups in total. The largest absolute Gasteiger partial charge is 0.497 e. The maximum absolute atomic E-state index is 13.1. The number of aromatic nitrogens is 1. The van der Waals surface area contributed by atoms with Crippen molar-refractivity contribution >= 4 is 22.8 Å². The van der Waals surface area contributed by atoms with Crippen molar-refractivity contribution in [3.63, 3.8) is 0 Å².